The number of aromatic amines is 2. The fourth-order valence-corrected chi connectivity index (χ4v) is 5.04. The molecular weight excluding hydrogens is 502 g/mol. The van der Waals surface area contributed by atoms with Crippen molar-refractivity contribution in [3.05, 3.63) is 84.1 Å². The number of likely N-dealkylation sites (N-methyl/N-ethyl adjacent to an activating group) is 1. The molecular formula is C31H33N7O2. The molecule has 1 amide bonds. The number of amides is 1. The van der Waals surface area contributed by atoms with Crippen LogP contribution in [-0.2, 0) is 6.42 Å². The van der Waals surface area contributed by atoms with Crippen molar-refractivity contribution in [2.24, 2.45) is 0 Å². The van der Waals surface area contributed by atoms with Crippen LogP contribution in [0.25, 0.3) is 33.7 Å². The van der Waals surface area contributed by atoms with Gasteiger partial charge < -0.3 is 24.8 Å². The van der Waals surface area contributed by atoms with Gasteiger partial charge in [0.2, 0.25) is 0 Å². The summed E-state index contributed by atoms with van der Waals surface area (Å²) in [5.41, 5.74) is 6.84. The second kappa shape index (κ2) is 11.3. The summed E-state index contributed by atoms with van der Waals surface area (Å²) >= 11 is 0. The van der Waals surface area contributed by atoms with Crippen molar-refractivity contribution in [2.45, 2.75) is 6.42 Å². The monoisotopic (exact) mass is 535 g/mol. The molecule has 1 saturated heterocycles. The number of methoxy groups -OCH3 is 1. The molecule has 3 heterocycles. The van der Waals surface area contributed by atoms with Crippen molar-refractivity contribution in [1.29, 1.82) is 0 Å². The van der Waals surface area contributed by atoms with E-state index in [0.29, 0.717) is 11.4 Å². The molecule has 0 unspecified atom stereocenters. The van der Waals surface area contributed by atoms with E-state index < -0.39 is 0 Å². The summed E-state index contributed by atoms with van der Waals surface area (Å²) in [7, 11) is 3.82. The molecule has 0 saturated carbocycles. The van der Waals surface area contributed by atoms with Gasteiger partial charge in [-0.2, -0.15) is 5.10 Å². The molecule has 0 radical (unpaired) electrons. The number of ether oxygens (including phenoxy) is 1. The largest absolute Gasteiger partial charge is 0.497 e. The zero-order valence-corrected chi connectivity index (χ0v) is 22.8. The van der Waals surface area contributed by atoms with Crippen molar-refractivity contribution >= 4 is 22.6 Å². The maximum Gasteiger partial charge on any atom is 0.255 e. The molecule has 3 aromatic carbocycles. The van der Waals surface area contributed by atoms with Crippen molar-refractivity contribution in [3.63, 3.8) is 0 Å². The van der Waals surface area contributed by atoms with E-state index in [1.54, 1.807) is 19.4 Å². The molecule has 1 aliphatic heterocycles. The molecule has 5 aromatic rings. The van der Waals surface area contributed by atoms with Crippen molar-refractivity contribution in [2.75, 3.05) is 52.2 Å². The number of carbonyl (C=O) groups is 1. The number of hydrogen-bond donors (Lipinski definition) is 3. The number of aromatic nitrogens is 4. The lowest BCUT2D eigenvalue weighted by Gasteiger charge is -2.32. The highest BCUT2D eigenvalue weighted by Crippen LogP contribution is 2.31. The van der Waals surface area contributed by atoms with Gasteiger partial charge in [-0.05, 0) is 73.6 Å². The number of anilines is 1. The van der Waals surface area contributed by atoms with E-state index in [9.17, 15) is 4.79 Å². The van der Waals surface area contributed by atoms with E-state index in [1.165, 1.54) is 5.56 Å². The Kier molecular flexibility index (Phi) is 7.31. The van der Waals surface area contributed by atoms with E-state index in [2.05, 4.69) is 49.5 Å². The molecule has 2 aromatic heterocycles. The van der Waals surface area contributed by atoms with Crippen LogP contribution in [0.1, 0.15) is 15.9 Å². The Labute approximate surface area is 233 Å². The van der Waals surface area contributed by atoms with Crippen LogP contribution in [0.5, 0.6) is 5.75 Å². The number of imidazole rings is 1. The Bertz CT molecular complexity index is 1600. The summed E-state index contributed by atoms with van der Waals surface area (Å²) < 4.78 is 5.27. The lowest BCUT2D eigenvalue weighted by Crippen LogP contribution is -2.45. The van der Waals surface area contributed by atoms with Crippen LogP contribution in [0.3, 0.4) is 0 Å². The van der Waals surface area contributed by atoms with Gasteiger partial charge in [-0.15, -0.1) is 0 Å². The second-order valence-corrected chi connectivity index (χ2v) is 10.3. The summed E-state index contributed by atoms with van der Waals surface area (Å²) in [6, 6.07) is 21.4. The first-order chi connectivity index (χ1) is 19.6. The number of H-pyrrole nitrogens is 2. The number of nitrogens with one attached hydrogen (secondary N) is 3. The standard InChI is InChI=1S/C31H33N7O2/c1-37-15-17-38(18-16-37)14-13-21-3-8-24(9-4-21)33-31(39)23-7-12-27-28(19-23)35-30(34-27)26-20-32-36-29(26)22-5-10-25(40-2)11-6-22/h3-12,19-20H,13-18H2,1-2H3,(H,32,36)(H,33,39)(H,34,35). The first-order valence-electron chi connectivity index (χ1n) is 13.5. The first-order valence-corrected chi connectivity index (χ1v) is 13.5. The molecule has 1 fully saturated rings. The third-order valence-electron chi connectivity index (χ3n) is 7.54. The SMILES string of the molecule is COc1ccc(-c2[nH]ncc2-c2nc3ccc(C(=O)Nc4ccc(CCN5CCN(C)CC5)cc4)cc3[nH]2)cc1. The second-order valence-electron chi connectivity index (χ2n) is 10.3. The third kappa shape index (κ3) is 5.61. The smallest absolute Gasteiger partial charge is 0.255 e. The van der Waals surface area contributed by atoms with E-state index in [0.717, 1.165) is 78.4 Å². The van der Waals surface area contributed by atoms with E-state index in [4.69, 9.17) is 9.72 Å². The van der Waals surface area contributed by atoms with Crippen molar-refractivity contribution in [1.82, 2.24) is 30.0 Å². The number of rotatable bonds is 8. The highest BCUT2D eigenvalue weighted by molar-refractivity contribution is 6.06. The van der Waals surface area contributed by atoms with Gasteiger partial charge in [-0.1, -0.05) is 12.1 Å². The molecule has 6 rings (SSSR count). The number of benzene rings is 3. The molecule has 3 N–H and O–H groups in total. The van der Waals surface area contributed by atoms with Crippen molar-refractivity contribution in [3.8, 4) is 28.4 Å². The quantitative estimate of drug-likeness (QED) is 0.267. The van der Waals surface area contributed by atoms with Gasteiger partial charge in [0.25, 0.3) is 5.91 Å². The zero-order chi connectivity index (χ0) is 27.5. The minimum atomic E-state index is -0.162. The molecule has 0 atom stereocenters. The lowest BCUT2D eigenvalue weighted by atomic mass is 10.1. The van der Waals surface area contributed by atoms with Gasteiger partial charge >= 0.3 is 0 Å². The van der Waals surface area contributed by atoms with Gasteiger partial charge in [0.1, 0.15) is 11.6 Å². The topological polar surface area (TPSA) is 102 Å². The predicted octanol–water partition coefficient (Wildman–Crippen LogP) is 4.67. The fourth-order valence-electron chi connectivity index (χ4n) is 5.04. The third-order valence-corrected chi connectivity index (χ3v) is 7.54. The van der Waals surface area contributed by atoms with Crippen LogP contribution in [0.15, 0.2) is 72.9 Å². The Balaban J connectivity index is 1.12. The number of piperazine rings is 1. The molecule has 9 heteroatoms. The van der Waals surface area contributed by atoms with Crippen molar-refractivity contribution < 1.29 is 9.53 Å². The Morgan fingerprint density at radius 2 is 1.77 bits per heavy atom. The Morgan fingerprint density at radius 1 is 1.00 bits per heavy atom. The number of nitrogens with zero attached hydrogens (tertiary/aromatic N) is 4. The summed E-state index contributed by atoms with van der Waals surface area (Å²) in [4.78, 5) is 26.0. The number of carbonyl (C=O) groups excluding carboxylic acids is 1. The lowest BCUT2D eigenvalue weighted by molar-refractivity contribution is 0.102. The van der Waals surface area contributed by atoms with Gasteiger partial charge in [0, 0.05) is 49.5 Å². The van der Waals surface area contributed by atoms with Gasteiger partial charge in [-0.3, -0.25) is 9.89 Å². The average Bonchev–Trinajstić information content (AvgIpc) is 3.65. The summed E-state index contributed by atoms with van der Waals surface area (Å²) in [5, 5.41) is 10.3. The normalized spacial score (nSPS) is 14.4. The van der Waals surface area contributed by atoms with E-state index >= 15 is 0 Å². The van der Waals surface area contributed by atoms with Gasteiger partial charge in [-0.25, -0.2) is 4.98 Å². The maximum absolute atomic E-state index is 13.0. The molecule has 0 aliphatic carbocycles. The predicted molar refractivity (Wildman–Crippen MR) is 158 cm³/mol. The molecule has 204 valence electrons. The molecule has 0 spiro atoms. The first kappa shape index (κ1) is 25.8. The van der Waals surface area contributed by atoms with Crippen LogP contribution in [0.4, 0.5) is 5.69 Å². The number of fused-ring (bicyclic) bond motifs is 1. The van der Waals surface area contributed by atoms with Crippen LogP contribution >= 0.6 is 0 Å². The van der Waals surface area contributed by atoms with Gasteiger partial charge in [0.05, 0.1) is 35.6 Å². The fraction of sp³-hybridized carbons (Fsp3) is 0.258. The molecule has 9 nitrogen and oxygen atoms in total. The van der Waals surface area contributed by atoms with Crippen LogP contribution in [0.2, 0.25) is 0 Å². The number of hydrogen-bond acceptors (Lipinski definition) is 6. The van der Waals surface area contributed by atoms with Gasteiger partial charge in [0.15, 0.2) is 0 Å². The Morgan fingerprint density at radius 3 is 2.52 bits per heavy atom. The maximum atomic E-state index is 13.0. The Hall–Kier alpha value is -4.47. The van der Waals surface area contributed by atoms with E-state index in [1.807, 2.05) is 48.5 Å². The average molecular weight is 536 g/mol. The van der Waals surface area contributed by atoms with Crippen LogP contribution < -0.4 is 10.1 Å². The van der Waals surface area contributed by atoms with Crippen LogP contribution in [-0.4, -0.2) is 82.8 Å². The molecule has 0 bridgehead atoms. The highest BCUT2D eigenvalue weighted by atomic mass is 16.5. The molecule has 40 heavy (non-hydrogen) atoms. The minimum Gasteiger partial charge on any atom is -0.497 e. The highest BCUT2D eigenvalue weighted by Gasteiger charge is 2.16. The minimum absolute atomic E-state index is 0.162. The summed E-state index contributed by atoms with van der Waals surface area (Å²) in [6.45, 7) is 5.57. The molecule has 1 aliphatic rings. The zero-order valence-electron chi connectivity index (χ0n) is 22.8. The van der Waals surface area contributed by atoms with E-state index in [-0.39, 0.29) is 5.91 Å². The summed E-state index contributed by atoms with van der Waals surface area (Å²) in [5.74, 6) is 1.31. The summed E-state index contributed by atoms with van der Waals surface area (Å²) in [6.07, 6.45) is 2.76. The van der Waals surface area contributed by atoms with Crippen LogP contribution in [0, 0.1) is 0 Å².